The molecule has 1 aromatic heterocycles. The lowest BCUT2D eigenvalue weighted by Gasteiger charge is -2.01. The van der Waals surface area contributed by atoms with Gasteiger partial charge in [0.2, 0.25) is 5.91 Å². The van der Waals surface area contributed by atoms with Crippen LogP contribution in [0.5, 0.6) is 0 Å². The topological polar surface area (TPSA) is 55.1 Å². The number of hydrogen-bond acceptors (Lipinski definition) is 4. The van der Waals surface area contributed by atoms with Crippen molar-refractivity contribution in [1.29, 1.82) is 0 Å². The molecule has 2 aromatic rings. The summed E-state index contributed by atoms with van der Waals surface area (Å²) in [5.41, 5.74) is 1.53. The highest BCUT2D eigenvalue weighted by molar-refractivity contribution is 9.10. The van der Waals surface area contributed by atoms with Gasteiger partial charge in [0.25, 0.3) is 5.22 Å². The summed E-state index contributed by atoms with van der Waals surface area (Å²) in [7, 11) is 0. The minimum atomic E-state index is 0.0156. The van der Waals surface area contributed by atoms with E-state index in [9.17, 15) is 4.79 Å². The molecule has 0 bridgehead atoms. The molecule has 1 aromatic carbocycles. The normalized spacial score (nSPS) is 10.8. The van der Waals surface area contributed by atoms with Gasteiger partial charge in [0.05, 0.1) is 5.75 Å². The largest absolute Gasteiger partial charge is 0.431 e. The van der Waals surface area contributed by atoms with Gasteiger partial charge in [0.15, 0.2) is 5.58 Å². The Balaban J connectivity index is 1.89. The van der Waals surface area contributed by atoms with E-state index in [0.29, 0.717) is 11.0 Å². The number of benzene rings is 1. The number of carbonyl (C=O) groups is 1. The van der Waals surface area contributed by atoms with Gasteiger partial charge in [0, 0.05) is 11.0 Å². The van der Waals surface area contributed by atoms with Crippen LogP contribution in [0.15, 0.2) is 32.3 Å². The summed E-state index contributed by atoms with van der Waals surface area (Å²) in [5.74, 6) is 0.347. The molecule has 6 heteroatoms. The van der Waals surface area contributed by atoms with E-state index in [2.05, 4.69) is 33.2 Å². The second-order valence-corrected chi connectivity index (χ2v) is 5.93. The Kier molecular flexibility index (Phi) is 5.27. The predicted octanol–water partition coefficient (Wildman–Crippen LogP) is 3.60. The molecular formula is C13H15BrN2O2S. The SMILES string of the molecule is CCCCNC(=O)CSc1nc2ccc(Br)cc2o1. The van der Waals surface area contributed by atoms with Crippen molar-refractivity contribution in [2.45, 2.75) is 25.0 Å². The molecule has 1 heterocycles. The lowest BCUT2D eigenvalue weighted by atomic mass is 10.3. The number of fused-ring (bicyclic) bond motifs is 1. The molecule has 0 unspecified atom stereocenters. The van der Waals surface area contributed by atoms with Crippen LogP contribution >= 0.6 is 27.7 Å². The predicted molar refractivity (Wildman–Crippen MR) is 80.4 cm³/mol. The van der Waals surface area contributed by atoms with Crippen LogP contribution in [-0.2, 0) is 4.79 Å². The van der Waals surface area contributed by atoms with Crippen LogP contribution in [-0.4, -0.2) is 23.2 Å². The molecule has 4 nitrogen and oxygen atoms in total. The summed E-state index contributed by atoms with van der Waals surface area (Å²) in [5, 5.41) is 3.39. The van der Waals surface area contributed by atoms with Gasteiger partial charge < -0.3 is 9.73 Å². The zero-order chi connectivity index (χ0) is 13.7. The molecule has 2 rings (SSSR count). The Hall–Kier alpha value is -1.01. The van der Waals surface area contributed by atoms with E-state index in [-0.39, 0.29) is 5.91 Å². The number of carbonyl (C=O) groups excluding carboxylic acids is 1. The van der Waals surface area contributed by atoms with Crippen LogP contribution in [0.2, 0.25) is 0 Å². The highest BCUT2D eigenvalue weighted by atomic mass is 79.9. The third-order valence-corrected chi connectivity index (χ3v) is 3.83. The van der Waals surface area contributed by atoms with Gasteiger partial charge in [-0.05, 0) is 24.6 Å². The quantitative estimate of drug-likeness (QED) is 0.643. The number of nitrogens with one attached hydrogen (secondary N) is 1. The average molecular weight is 343 g/mol. The van der Waals surface area contributed by atoms with Gasteiger partial charge in [-0.2, -0.15) is 0 Å². The van der Waals surface area contributed by atoms with Gasteiger partial charge in [-0.3, -0.25) is 4.79 Å². The zero-order valence-corrected chi connectivity index (χ0v) is 13.0. The fourth-order valence-corrected chi connectivity index (χ4v) is 2.53. The fraction of sp³-hybridized carbons (Fsp3) is 0.385. The maximum Gasteiger partial charge on any atom is 0.257 e. The lowest BCUT2D eigenvalue weighted by Crippen LogP contribution is -2.25. The second kappa shape index (κ2) is 6.96. The van der Waals surface area contributed by atoms with Gasteiger partial charge in [-0.25, -0.2) is 4.98 Å². The van der Waals surface area contributed by atoms with E-state index in [1.165, 1.54) is 11.8 Å². The minimum Gasteiger partial charge on any atom is -0.431 e. The molecule has 0 aliphatic heterocycles. The highest BCUT2D eigenvalue weighted by Gasteiger charge is 2.09. The highest BCUT2D eigenvalue weighted by Crippen LogP contribution is 2.25. The number of rotatable bonds is 6. The lowest BCUT2D eigenvalue weighted by molar-refractivity contribution is -0.118. The van der Waals surface area contributed by atoms with E-state index in [0.717, 1.165) is 35.0 Å². The number of oxazole rings is 1. The first-order chi connectivity index (χ1) is 9.19. The number of amides is 1. The van der Waals surface area contributed by atoms with Crippen molar-refractivity contribution < 1.29 is 9.21 Å². The van der Waals surface area contributed by atoms with E-state index >= 15 is 0 Å². The number of unbranched alkanes of at least 4 members (excludes halogenated alkanes) is 1. The Labute approximate surface area is 124 Å². The van der Waals surface area contributed by atoms with Gasteiger partial charge in [0.1, 0.15) is 5.52 Å². The van der Waals surface area contributed by atoms with Crippen molar-refractivity contribution in [3.05, 3.63) is 22.7 Å². The van der Waals surface area contributed by atoms with Crippen molar-refractivity contribution in [3.8, 4) is 0 Å². The summed E-state index contributed by atoms with van der Waals surface area (Å²) < 4.78 is 6.52. The zero-order valence-electron chi connectivity index (χ0n) is 10.6. The van der Waals surface area contributed by atoms with Crippen molar-refractivity contribution in [1.82, 2.24) is 10.3 Å². The molecule has 1 amide bonds. The summed E-state index contributed by atoms with van der Waals surface area (Å²) in [6.07, 6.45) is 2.08. The third-order valence-electron chi connectivity index (χ3n) is 2.51. The molecule has 102 valence electrons. The molecule has 0 atom stereocenters. The van der Waals surface area contributed by atoms with Crippen LogP contribution in [0.3, 0.4) is 0 Å². The van der Waals surface area contributed by atoms with Gasteiger partial charge >= 0.3 is 0 Å². The smallest absolute Gasteiger partial charge is 0.257 e. The standard InChI is InChI=1S/C13H15BrN2O2S/c1-2-3-6-15-12(17)8-19-13-16-10-5-4-9(14)7-11(10)18-13/h4-5,7H,2-3,6,8H2,1H3,(H,15,17). The molecular weight excluding hydrogens is 328 g/mol. The van der Waals surface area contributed by atoms with E-state index in [1.54, 1.807) is 0 Å². The summed E-state index contributed by atoms with van der Waals surface area (Å²) >= 11 is 4.69. The summed E-state index contributed by atoms with van der Waals surface area (Å²) in [4.78, 5) is 15.9. The van der Waals surface area contributed by atoms with Crippen LogP contribution in [0.4, 0.5) is 0 Å². The number of nitrogens with zero attached hydrogens (tertiary/aromatic N) is 1. The van der Waals surface area contributed by atoms with E-state index in [4.69, 9.17) is 4.42 Å². The molecule has 1 N–H and O–H groups in total. The van der Waals surface area contributed by atoms with Crippen LogP contribution in [0.1, 0.15) is 19.8 Å². The van der Waals surface area contributed by atoms with Crippen LogP contribution in [0.25, 0.3) is 11.1 Å². The number of hydrogen-bond donors (Lipinski definition) is 1. The monoisotopic (exact) mass is 342 g/mol. The Morgan fingerprint density at radius 2 is 2.37 bits per heavy atom. The number of aromatic nitrogens is 1. The van der Waals surface area contributed by atoms with Crippen molar-refractivity contribution in [3.63, 3.8) is 0 Å². The fourth-order valence-electron chi connectivity index (χ4n) is 1.52. The van der Waals surface area contributed by atoms with E-state index in [1.807, 2.05) is 18.2 Å². The second-order valence-electron chi connectivity index (χ2n) is 4.08. The minimum absolute atomic E-state index is 0.0156. The molecule has 0 fully saturated rings. The Bertz CT molecular complexity index is 571. The van der Waals surface area contributed by atoms with Gasteiger partial charge in [-0.15, -0.1) is 0 Å². The molecule has 0 aliphatic carbocycles. The molecule has 0 saturated heterocycles. The summed E-state index contributed by atoms with van der Waals surface area (Å²) in [6, 6.07) is 5.67. The number of thioether (sulfide) groups is 1. The molecule has 19 heavy (non-hydrogen) atoms. The number of halogens is 1. The van der Waals surface area contributed by atoms with Crippen LogP contribution < -0.4 is 5.32 Å². The van der Waals surface area contributed by atoms with Crippen LogP contribution in [0, 0.1) is 0 Å². The molecule has 0 radical (unpaired) electrons. The molecule has 0 spiro atoms. The molecule has 0 aliphatic rings. The molecule has 0 saturated carbocycles. The Morgan fingerprint density at radius 3 is 3.16 bits per heavy atom. The van der Waals surface area contributed by atoms with Crippen molar-refractivity contribution in [2.75, 3.05) is 12.3 Å². The first kappa shape index (κ1) is 14.4. The maximum atomic E-state index is 11.6. The van der Waals surface area contributed by atoms with E-state index < -0.39 is 0 Å². The van der Waals surface area contributed by atoms with Gasteiger partial charge in [-0.1, -0.05) is 41.0 Å². The van der Waals surface area contributed by atoms with Crippen molar-refractivity contribution >= 4 is 44.7 Å². The summed E-state index contributed by atoms with van der Waals surface area (Å²) in [6.45, 7) is 2.83. The third kappa shape index (κ3) is 4.24. The Morgan fingerprint density at radius 1 is 1.53 bits per heavy atom. The first-order valence-electron chi connectivity index (χ1n) is 6.14. The van der Waals surface area contributed by atoms with Crippen molar-refractivity contribution in [2.24, 2.45) is 0 Å². The first-order valence-corrected chi connectivity index (χ1v) is 7.92. The maximum absolute atomic E-state index is 11.6. The average Bonchev–Trinajstić information content (AvgIpc) is 2.78.